The van der Waals surface area contributed by atoms with Crippen LogP contribution in [-0.4, -0.2) is 35.3 Å². The van der Waals surface area contributed by atoms with E-state index in [2.05, 4.69) is 30.6 Å². The van der Waals surface area contributed by atoms with Crippen LogP contribution < -0.4 is 15.2 Å². The van der Waals surface area contributed by atoms with Crippen molar-refractivity contribution in [1.82, 2.24) is 19.7 Å². The van der Waals surface area contributed by atoms with E-state index in [-0.39, 0.29) is 10.9 Å². The molecule has 2 aromatic carbocycles. The van der Waals surface area contributed by atoms with Crippen molar-refractivity contribution in [2.24, 2.45) is 0 Å². The van der Waals surface area contributed by atoms with Crippen LogP contribution in [0.2, 0.25) is 0 Å². The van der Waals surface area contributed by atoms with Gasteiger partial charge in [0, 0.05) is 10.0 Å². The number of anilines is 2. The topological polar surface area (TPSA) is 125 Å². The number of hydrogen-bond acceptors (Lipinski definition) is 7. The van der Waals surface area contributed by atoms with Gasteiger partial charge in [-0.3, -0.25) is 4.72 Å². The Bertz CT molecular complexity index is 1460. The fourth-order valence-corrected chi connectivity index (χ4v) is 5.68. The van der Waals surface area contributed by atoms with Crippen molar-refractivity contribution in [3.8, 4) is 17.0 Å². The first-order valence-electron chi connectivity index (χ1n) is 10.8. The number of nitrogens with one attached hydrogen (secondary N) is 1. The quantitative estimate of drug-likeness (QED) is 0.359. The summed E-state index contributed by atoms with van der Waals surface area (Å²) in [6, 6.07) is 11.9. The lowest BCUT2D eigenvalue weighted by Crippen LogP contribution is -2.13. The number of halogens is 1. The molecule has 0 aliphatic heterocycles. The van der Waals surface area contributed by atoms with E-state index in [1.54, 1.807) is 30.3 Å². The highest BCUT2D eigenvalue weighted by molar-refractivity contribution is 9.10. The van der Waals surface area contributed by atoms with Crippen molar-refractivity contribution in [2.75, 3.05) is 17.6 Å². The molecule has 1 aliphatic rings. The number of sulfonamides is 1. The van der Waals surface area contributed by atoms with Gasteiger partial charge in [0.2, 0.25) is 0 Å². The lowest BCUT2D eigenvalue weighted by molar-refractivity contribution is 0.417. The van der Waals surface area contributed by atoms with Crippen LogP contribution in [0.4, 0.5) is 11.5 Å². The minimum Gasteiger partial charge on any atom is -0.495 e. The van der Waals surface area contributed by atoms with E-state index in [1.807, 2.05) is 4.68 Å². The van der Waals surface area contributed by atoms with E-state index in [1.165, 1.54) is 25.6 Å². The van der Waals surface area contributed by atoms with Crippen LogP contribution in [0.1, 0.15) is 31.7 Å². The highest BCUT2D eigenvalue weighted by Gasteiger charge is 2.25. The average molecular weight is 543 g/mol. The first kappa shape index (κ1) is 22.6. The van der Waals surface area contributed by atoms with Gasteiger partial charge in [-0.15, -0.1) is 0 Å². The highest BCUT2D eigenvalue weighted by Crippen LogP contribution is 2.39. The minimum absolute atomic E-state index is 0.146. The van der Waals surface area contributed by atoms with Crippen LogP contribution in [0.5, 0.6) is 5.75 Å². The predicted molar refractivity (Wildman–Crippen MR) is 134 cm³/mol. The molecule has 2 heterocycles. The zero-order valence-corrected chi connectivity index (χ0v) is 20.8. The fourth-order valence-electron chi connectivity index (χ4n) is 4.34. The molecule has 0 atom stereocenters. The molecule has 5 rings (SSSR count). The molecule has 2 aromatic heterocycles. The van der Waals surface area contributed by atoms with E-state index in [0.717, 1.165) is 35.7 Å². The van der Waals surface area contributed by atoms with Crippen LogP contribution in [0, 0.1) is 0 Å². The molecule has 0 radical (unpaired) electrons. The second-order valence-corrected chi connectivity index (χ2v) is 10.8. The summed E-state index contributed by atoms with van der Waals surface area (Å²) >= 11 is 3.32. The fraction of sp³-hybridized carbons (Fsp3) is 0.261. The number of aromatic nitrogens is 4. The third kappa shape index (κ3) is 4.09. The molecular formula is C23H23BrN6O3S. The number of methoxy groups -OCH3 is 1. The normalized spacial score (nSPS) is 14.5. The van der Waals surface area contributed by atoms with Crippen LogP contribution in [0.25, 0.3) is 22.3 Å². The van der Waals surface area contributed by atoms with Gasteiger partial charge in [-0.25, -0.2) is 23.1 Å². The molecule has 9 nitrogen and oxygen atoms in total. The molecule has 4 aromatic rings. The number of rotatable bonds is 6. The minimum atomic E-state index is -3.80. The second kappa shape index (κ2) is 8.88. The SMILES string of the molecule is COc1cc(-c2nn(C3CCCC3)c3ncnc(N)c23)ccc1NS(=O)(=O)c1ccc(Br)cc1. The van der Waals surface area contributed by atoms with Crippen molar-refractivity contribution < 1.29 is 13.2 Å². The zero-order valence-electron chi connectivity index (χ0n) is 18.4. The van der Waals surface area contributed by atoms with Gasteiger partial charge in [-0.05, 0) is 49.2 Å². The zero-order chi connectivity index (χ0) is 23.9. The summed E-state index contributed by atoms with van der Waals surface area (Å²) in [6.07, 6.45) is 5.85. The Morgan fingerprint density at radius 2 is 1.85 bits per heavy atom. The van der Waals surface area contributed by atoms with Gasteiger partial charge in [0.15, 0.2) is 5.65 Å². The number of fused-ring (bicyclic) bond motifs is 1. The Balaban J connectivity index is 1.56. The molecule has 0 saturated heterocycles. The molecular weight excluding hydrogens is 520 g/mol. The maximum absolute atomic E-state index is 12.9. The Kier molecular flexibility index (Phi) is 5.90. The lowest BCUT2D eigenvalue weighted by Gasteiger charge is -2.13. The molecule has 1 saturated carbocycles. The number of benzene rings is 2. The lowest BCUT2D eigenvalue weighted by atomic mass is 10.1. The van der Waals surface area contributed by atoms with Gasteiger partial charge in [-0.2, -0.15) is 5.10 Å². The van der Waals surface area contributed by atoms with Gasteiger partial charge < -0.3 is 10.5 Å². The summed E-state index contributed by atoms with van der Waals surface area (Å²) in [5.41, 5.74) is 8.62. The molecule has 0 spiro atoms. The van der Waals surface area contributed by atoms with Crippen molar-refractivity contribution in [3.05, 3.63) is 53.3 Å². The van der Waals surface area contributed by atoms with E-state index in [0.29, 0.717) is 34.0 Å². The first-order valence-corrected chi connectivity index (χ1v) is 13.1. The summed E-state index contributed by atoms with van der Waals surface area (Å²) in [4.78, 5) is 8.78. The van der Waals surface area contributed by atoms with Crippen LogP contribution in [0.3, 0.4) is 0 Å². The number of nitrogens with two attached hydrogens (primary N) is 1. The average Bonchev–Trinajstić information content (AvgIpc) is 3.48. The van der Waals surface area contributed by atoms with Crippen molar-refractivity contribution in [3.63, 3.8) is 0 Å². The molecule has 34 heavy (non-hydrogen) atoms. The molecule has 176 valence electrons. The molecule has 0 unspecified atom stereocenters. The molecule has 1 fully saturated rings. The van der Waals surface area contributed by atoms with Crippen molar-refractivity contribution in [1.29, 1.82) is 0 Å². The van der Waals surface area contributed by atoms with Crippen molar-refractivity contribution >= 4 is 48.5 Å². The van der Waals surface area contributed by atoms with Gasteiger partial charge in [0.1, 0.15) is 23.6 Å². The van der Waals surface area contributed by atoms with Crippen LogP contribution in [0.15, 0.2) is 58.2 Å². The standard InChI is InChI=1S/C23H23BrN6O3S/c1-33-19-12-14(6-11-18(19)29-34(31,32)17-9-7-15(24)8-10-17)21-20-22(25)26-13-27-23(20)30(28-21)16-4-2-3-5-16/h6-13,16,29H,2-5H2,1H3,(H2,25,26,27). The monoisotopic (exact) mass is 542 g/mol. The summed E-state index contributed by atoms with van der Waals surface area (Å²) in [5.74, 6) is 0.709. The summed E-state index contributed by atoms with van der Waals surface area (Å²) in [5, 5.41) is 5.55. The van der Waals surface area contributed by atoms with Crippen LogP contribution in [-0.2, 0) is 10.0 Å². The number of ether oxygens (including phenoxy) is 1. The molecule has 3 N–H and O–H groups in total. The summed E-state index contributed by atoms with van der Waals surface area (Å²) in [7, 11) is -2.31. The Labute approximate surface area is 205 Å². The van der Waals surface area contributed by atoms with Gasteiger partial charge >= 0.3 is 0 Å². The van der Waals surface area contributed by atoms with Crippen molar-refractivity contribution in [2.45, 2.75) is 36.6 Å². The van der Waals surface area contributed by atoms with E-state index >= 15 is 0 Å². The van der Waals surface area contributed by atoms with Gasteiger partial charge in [0.25, 0.3) is 10.0 Å². The van der Waals surface area contributed by atoms with E-state index in [9.17, 15) is 8.42 Å². The number of nitrogens with zero attached hydrogens (tertiary/aromatic N) is 4. The Morgan fingerprint density at radius 1 is 1.12 bits per heavy atom. The largest absolute Gasteiger partial charge is 0.495 e. The van der Waals surface area contributed by atoms with Gasteiger partial charge in [0.05, 0.1) is 29.1 Å². The van der Waals surface area contributed by atoms with E-state index in [4.69, 9.17) is 15.6 Å². The third-order valence-electron chi connectivity index (χ3n) is 6.03. The maximum Gasteiger partial charge on any atom is 0.262 e. The summed E-state index contributed by atoms with van der Waals surface area (Å²) in [6.45, 7) is 0. The molecule has 0 bridgehead atoms. The highest BCUT2D eigenvalue weighted by atomic mass is 79.9. The molecule has 0 amide bonds. The third-order valence-corrected chi connectivity index (χ3v) is 7.94. The smallest absolute Gasteiger partial charge is 0.262 e. The predicted octanol–water partition coefficient (Wildman–Crippen LogP) is 4.76. The number of nitrogen functional groups attached to an aromatic ring is 1. The van der Waals surface area contributed by atoms with Gasteiger partial charge in [-0.1, -0.05) is 34.8 Å². The number of hydrogen-bond donors (Lipinski definition) is 2. The van der Waals surface area contributed by atoms with E-state index < -0.39 is 10.0 Å². The Hall–Kier alpha value is -3.18. The Morgan fingerprint density at radius 3 is 2.56 bits per heavy atom. The first-order chi connectivity index (χ1) is 16.4. The molecule has 11 heteroatoms. The maximum atomic E-state index is 12.9. The van der Waals surface area contributed by atoms with Crippen LogP contribution >= 0.6 is 15.9 Å². The summed E-state index contributed by atoms with van der Waals surface area (Å²) < 4.78 is 36.6. The molecule has 1 aliphatic carbocycles. The second-order valence-electron chi connectivity index (χ2n) is 8.16.